The molecule has 1 aromatic heterocycles. The first-order valence-electron chi connectivity index (χ1n) is 7.87. The minimum atomic E-state index is -0.372. The van der Waals surface area contributed by atoms with E-state index < -0.39 is 0 Å². The Hall–Kier alpha value is -3.60. The van der Waals surface area contributed by atoms with Crippen LogP contribution in [0.3, 0.4) is 0 Å². The van der Waals surface area contributed by atoms with Gasteiger partial charge in [0.15, 0.2) is 11.6 Å². The molecule has 0 aliphatic heterocycles. The van der Waals surface area contributed by atoms with Crippen molar-refractivity contribution >= 4 is 28.3 Å². The maximum absolute atomic E-state index is 12.2. The zero-order valence-electron chi connectivity index (χ0n) is 13.3. The molecule has 0 saturated carbocycles. The van der Waals surface area contributed by atoms with E-state index in [1.54, 1.807) is 6.07 Å². The summed E-state index contributed by atoms with van der Waals surface area (Å²) < 4.78 is 5.27. The van der Waals surface area contributed by atoms with Gasteiger partial charge in [0.2, 0.25) is 0 Å². The van der Waals surface area contributed by atoms with Gasteiger partial charge in [0.1, 0.15) is 0 Å². The highest BCUT2D eigenvalue weighted by Crippen LogP contribution is 2.22. The quantitative estimate of drug-likeness (QED) is 0.547. The Morgan fingerprint density at radius 1 is 0.800 bits per heavy atom. The highest BCUT2D eigenvalue weighted by atomic mass is 16.5. The molecule has 0 atom stereocenters. The van der Waals surface area contributed by atoms with Gasteiger partial charge >= 0.3 is 6.03 Å². The average molecular weight is 329 g/mol. The summed E-state index contributed by atoms with van der Waals surface area (Å²) >= 11 is 0. The predicted molar refractivity (Wildman–Crippen MR) is 98.5 cm³/mol. The van der Waals surface area contributed by atoms with E-state index in [0.29, 0.717) is 17.3 Å². The third-order valence-electron chi connectivity index (χ3n) is 3.82. The zero-order valence-corrected chi connectivity index (χ0v) is 13.3. The number of aromatic nitrogens is 1. The number of benzene rings is 3. The second-order valence-electron chi connectivity index (χ2n) is 5.58. The molecule has 3 aromatic carbocycles. The Labute approximate surface area is 144 Å². The number of fused-ring (bicyclic) bond motifs is 1. The Morgan fingerprint density at radius 2 is 1.56 bits per heavy atom. The second-order valence-corrected chi connectivity index (χ2v) is 5.58. The van der Waals surface area contributed by atoms with Crippen LogP contribution in [0.1, 0.15) is 0 Å². The molecule has 0 unspecified atom stereocenters. The third kappa shape index (κ3) is 3.35. The van der Waals surface area contributed by atoms with E-state index in [1.807, 2.05) is 72.8 Å². The highest BCUT2D eigenvalue weighted by Gasteiger charge is 2.09. The molecule has 5 nitrogen and oxygen atoms in total. The largest absolute Gasteiger partial charge is 0.354 e. The number of nitrogens with zero attached hydrogens (tertiary/aromatic N) is 1. The number of hydrogen-bond acceptors (Lipinski definition) is 3. The molecule has 0 spiro atoms. The van der Waals surface area contributed by atoms with Crippen LogP contribution < -0.4 is 10.6 Å². The van der Waals surface area contributed by atoms with Crippen LogP contribution in [0.4, 0.5) is 16.3 Å². The summed E-state index contributed by atoms with van der Waals surface area (Å²) in [5, 5.41) is 11.5. The van der Waals surface area contributed by atoms with Gasteiger partial charge in [-0.1, -0.05) is 65.8 Å². The monoisotopic (exact) mass is 329 g/mol. The SMILES string of the molecule is O=C(Nc1ccc2ccccc2c1)Nc1cc(-c2ccccc2)on1. The molecule has 1 heterocycles. The maximum atomic E-state index is 12.2. The van der Waals surface area contributed by atoms with Gasteiger partial charge in [-0.2, -0.15) is 0 Å². The lowest BCUT2D eigenvalue weighted by Crippen LogP contribution is -2.19. The first kappa shape index (κ1) is 15.0. The first-order valence-corrected chi connectivity index (χ1v) is 7.87. The van der Waals surface area contributed by atoms with E-state index in [2.05, 4.69) is 15.8 Å². The van der Waals surface area contributed by atoms with Gasteiger partial charge < -0.3 is 9.84 Å². The Bertz CT molecular complexity index is 1030. The number of carbonyl (C=O) groups is 1. The van der Waals surface area contributed by atoms with Crippen molar-refractivity contribution in [1.29, 1.82) is 0 Å². The van der Waals surface area contributed by atoms with Gasteiger partial charge in [0, 0.05) is 17.3 Å². The number of amides is 2. The van der Waals surface area contributed by atoms with Crippen LogP contribution >= 0.6 is 0 Å². The highest BCUT2D eigenvalue weighted by molar-refractivity contribution is 6.00. The van der Waals surface area contributed by atoms with Crippen LogP contribution in [-0.2, 0) is 0 Å². The maximum Gasteiger partial charge on any atom is 0.324 e. The lowest BCUT2D eigenvalue weighted by Gasteiger charge is -2.06. The zero-order chi connectivity index (χ0) is 17.1. The van der Waals surface area contributed by atoms with Crippen molar-refractivity contribution in [2.75, 3.05) is 10.6 Å². The molecule has 4 rings (SSSR count). The molecule has 0 fully saturated rings. The van der Waals surface area contributed by atoms with E-state index in [4.69, 9.17) is 4.52 Å². The average Bonchev–Trinajstić information content (AvgIpc) is 3.10. The number of urea groups is 1. The molecule has 122 valence electrons. The van der Waals surface area contributed by atoms with E-state index in [0.717, 1.165) is 16.3 Å². The van der Waals surface area contributed by atoms with Gasteiger partial charge in [-0.25, -0.2) is 4.79 Å². The van der Waals surface area contributed by atoms with Gasteiger partial charge in [-0.15, -0.1) is 0 Å². The Morgan fingerprint density at radius 3 is 2.40 bits per heavy atom. The smallest absolute Gasteiger partial charge is 0.324 e. The molecule has 0 aliphatic rings. The predicted octanol–water partition coefficient (Wildman–Crippen LogP) is 5.14. The summed E-state index contributed by atoms with van der Waals surface area (Å²) in [6.45, 7) is 0. The summed E-state index contributed by atoms with van der Waals surface area (Å²) in [6.07, 6.45) is 0. The van der Waals surface area contributed by atoms with Crippen LogP contribution in [0.5, 0.6) is 0 Å². The summed E-state index contributed by atoms with van der Waals surface area (Å²) in [7, 11) is 0. The molecule has 5 heteroatoms. The van der Waals surface area contributed by atoms with E-state index in [1.165, 1.54) is 0 Å². The molecule has 2 N–H and O–H groups in total. The fourth-order valence-electron chi connectivity index (χ4n) is 2.62. The molecule has 0 radical (unpaired) electrons. The molecule has 25 heavy (non-hydrogen) atoms. The minimum Gasteiger partial charge on any atom is -0.354 e. The number of nitrogens with one attached hydrogen (secondary N) is 2. The number of rotatable bonds is 3. The standard InChI is InChI=1S/C20H15N3O2/c24-20(21-17-11-10-14-6-4-5-9-16(14)12-17)22-19-13-18(25-23-19)15-7-2-1-3-8-15/h1-13H,(H2,21,22,23,24). The number of hydrogen-bond donors (Lipinski definition) is 2. The van der Waals surface area contributed by atoms with Crippen molar-refractivity contribution in [3.05, 3.63) is 78.9 Å². The molecule has 4 aromatic rings. The van der Waals surface area contributed by atoms with Crippen molar-refractivity contribution in [3.63, 3.8) is 0 Å². The summed E-state index contributed by atoms with van der Waals surface area (Å²) in [6, 6.07) is 24.6. The van der Waals surface area contributed by atoms with Crippen LogP contribution in [0.15, 0.2) is 83.4 Å². The van der Waals surface area contributed by atoms with E-state index >= 15 is 0 Å². The van der Waals surface area contributed by atoms with Gasteiger partial charge in [-0.3, -0.25) is 5.32 Å². The molecule has 0 saturated heterocycles. The number of anilines is 2. The van der Waals surface area contributed by atoms with Crippen LogP contribution in [0.25, 0.3) is 22.1 Å². The van der Waals surface area contributed by atoms with Crippen LogP contribution in [-0.4, -0.2) is 11.2 Å². The Kier molecular flexibility index (Phi) is 3.88. The molecular weight excluding hydrogens is 314 g/mol. The lowest BCUT2D eigenvalue weighted by atomic mass is 10.1. The molecule has 2 amide bonds. The lowest BCUT2D eigenvalue weighted by molar-refractivity contribution is 0.262. The summed E-state index contributed by atoms with van der Waals surface area (Å²) in [5.74, 6) is 0.957. The first-order chi connectivity index (χ1) is 12.3. The molecule has 0 bridgehead atoms. The van der Waals surface area contributed by atoms with Crippen molar-refractivity contribution in [2.45, 2.75) is 0 Å². The topological polar surface area (TPSA) is 67.2 Å². The second kappa shape index (κ2) is 6.49. The molecular formula is C20H15N3O2. The Balaban J connectivity index is 1.46. The van der Waals surface area contributed by atoms with Crippen molar-refractivity contribution < 1.29 is 9.32 Å². The van der Waals surface area contributed by atoms with E-state index in [9.17, 15) is 4.79 Å². The summed E-state index contributed by atoms with van der Waals surface area (Å²) in [4.78, 5) is 12.2. The van der Waals surface area contributed by atoms with E-state index in [-0.39, 0.29) is 6.03 Å². The minimum absolute atomic E-state index is 0.358. The van der Waals surface area contributed by atoms with Crippen LogP contribution in [0.2, 0.25) is 0 Å². The number of carbonyl (C=O) groups excluding carboxylic acids is 1. The van der Waals surface area contributed by atoms with Gasteiger partial charge in [-0.05, 0) is 22.9 Å². The van der Waals surface area contributed by atoms with Crippen molar-refractivity contribution in [2.24, 2.45) is 0 Å². The molecule has 0 aliphatic carbocycles. The normalized spacial score (nSPS) is 10.6. The van der Waals surface area contributed by atoms with Crippen molar-refractivity contribution in [1.82, 2.24) is 5.16 Å². The van der Waals surface area contributed by atoms with Gasteiger partial charge in [0.25, 0.3) is 0 Å². The van der Waals surface area contributed by atoms with Crippen LogP contribution in [0, 0.1) is 0 Å². The third-order valence-corrected chi connectivity index (χ3v) is 3.82. The van der Waals surface area contributed by atoms with Crippen molar-refractivity contribution in [3.8, 4) is 11.3 Å². The summed E-state index contributed by atoms with van der Waals surface area (Å²) in [5.41, 5.74) is 1.61. The van der Waals surface area contributed by atoms with Gasteiger partial charge in [0.05, 0.1) is 0 Å². The fourth-order valence-corrected chi connectivity index (χ4v) is 2.62. The fraction of sp³-hybridized carbons (Fsp3) is 0.